The van der Waals surface area contributed by atoms with Gasteiger partial charge in [-0.2, -0.15) is 0 Å². The molecular weight excluding hydrogens is 306 g/mol. The number of carbonyl (C=O) groups is 1. The smallest absolute Gasteiger partial charge is 0.257 e. The number of rotatable bonds is 4. The molecule has 0 spiro atoms. The van der Waals surface area contributed by atoms with Crippen LogP contribution in [0.3, 0.4) is 0 Å². The van der Waals surface area contributed by atoms with Crippen molar-refractivity contribution >= 4 is 5.91 Å². The molecule has 5 heteroatoms. The maximum atomic E-state index is 13.0. The number of hydrogen-bond acceptors (Lipinski definition) is 4. The Morgan fingerprint density at radius 3 is 2.58 bits per heavy atom. The summed E-state index contributed by atoms with van der Waals surface area (Å²) in [5.74, 6) is 0.943. The molecule has 1 heterocycles. The number of nitrogens with zero attached hydrogens (tertiary/aromatic N) is 1. The summed E-state index contributed by atoms with van der Waals surface area (Å²) in [6.45, 7) is 1.59. The topological polar surface area (TPSA) is 48.0 Å². The van der Waals surface area contributed by atoms with Crippen LogP contribution in [0.25, 0.3) is 0 Å². The van der Waals surface area contributed by atoms with Crippen molar-refractivity contribution in [3.8, 4) is 11.5 Å². The van der Waals surface area contributed by atoms with Gasteiger partial charge in [0.1, 0.15) is 6.10 Å². The number of morpholine rings is 1. The van der Waals surface area contributed by atoms with Crippen molar-refractivity contribution in [1.82, 2.24) is 4.90 Å². The van der Waals surface area contributed by atoms with E-state index in [1.54, 1.807) is 37.3 Å². The number of carbonyl (C=O) groups excluding carboxylic acids is 1. The first kappa shape index (κ1) is 16.3. The maximum Gasteiger partial charge on any atom is 0.257 e. The normalized spacial score (nSPS) is 17.4. The molecule has 1 fully saturated rings. The van der Waals surface area contributed by atoms with Gasteiger partial charge in [-0.05, 0) is 17.7 Å². The van der Waals surface area contributed by atoms with Crippen LogP contribution >= 0.6 is 0 Å². The summed E-state index contributed by atoms with van der Waals surface area (Å²) in [4.78, 5) is 14.8. The molecule has 0 saturated carbocycles. The Hall–Kier alpha value is -2.53. The first-order valence-corrected chi connectivity index (χ1v) is 7.91. The Kier molecular flexibility index (Phi) is 5.01. The Morgan fingerprint density at radius 1 is 1.08 bits per heavy atom. The predicted molar refractivity (Wildman–Crippen MR) is 90.6 cm³/mol. The van der Waals surface area contributed by atoms with Crippen LogP contribution in [0.5, 0.6) is 11.5 Å². The van der Waals surface area contributed by atoms with Crippen LogP contribution in [0.4, 0.5) is 0 Å². The predicted octanol–water partition coefficient (Wildman–Crippen LogP) is 2.92. The van der Waals surface area contributed by atoms with E-state index in [1.165, 1.54) is 0 Å². The van der Waals surface area contributed by atoms with Gasteiger partial charge in [-0.25, -0.2) is 0 Å². The lowest BCUT2D eigenvalue weighted by molar-refractivity contribution is -0.0229. The van der Waals surface area contributed by atoms with E-state index in [2.05, 4.69) is 0 Å². The molecule has 0 aromatic heterocycles. The second kappa shape index (κ2) is 7.36. The second-order valence-corrected chi connectivity index (χ2v) is 5.56. The second-order valence-electron chi connectivity index (χ2n) is 5.56. The fourth-order valence-electron chi connectivity index (χ4n) is 2.93. The van der Waals surface area contributed by atoms with Gasteiger partial charge in [0, 0.05) is 6.54 Å². The van der Waals surface area contributed by atoms with Crippen LogP contribution in [0.1, 0.15) is 22.0 Å². The van der Waals surface area contributed by atoms with Gasteiger partial charge in [-0.3, -0.25) is 4.79 Å². The minimum absolute atomic E-state index is 0.0741. The van der Waals surface area contributed by atoms with Crippen LogP contribution < -0.4 is 9.47 Å². The number of benzene rings is 2. The average molecular weight is 327 g/mol. The molecule has 5 nitrogen and oxygen atoms in total. The summed E-state index contributed by atoms with van der Waals surface area (Å²) in [5, 5.41) is 0. The van der Waals surface area contributed by atoms with E-state index >= 15 is 0 Å². The highest BCUT2D eigenvalue weighted by atomic mass is 16.5. The summed E-state index contributed by atoms with van der Waals surface area (Å²) in [7, 11) is 3.10. The molecule has 1 aliphatic rings. The average Bonchev–Trinajstić information content (AvgIpc) is 2.67. The SMILES string of the molecule is COc1cccc(C(=O)N2CCO[C@@H](c3ccccc3)C2)c1OC. The van der Waals surface area contributed by atoms with E-state index in [0.717, 1.165) is 5.56 Å². The van der Waals surface area contributed by atoms with Gasteiger partial charge in [-0.15, -0.1) is 0 Å². The number of amides is 1. The molecule has 1 saturated heterocycles. The van der Waals surface area contributed by atoms with E-state index in [0.29, 0.717) is 36.8 Å². The van der Waals surface area contributed by atoms with Crippen LogP contribution in [0.2, 0.25) is 0 Å². The number of ether oxygens (including phenoxy) is 3. The molecule has 3 rings (SSSR count). The van der Waals surface area contributed by atoms with E-state index in [1.807, 2.05) is 30.3 Å². The molecule has 0 N–H and O–H groups in total. The number of para-hydroxylation sites is 1. The molecule has 24 heavy (non-hydrogen) atoms. The van der Waals surface area contributed by atoms with Crippen LogP contribution in [-0.2, 0) is 4.74 Å². The Morgan fingerprint density at radius 2 is 1.88 bits per heavy atom. The highest BCUT2D eigenvalue weighted by molar-refractivity contribution is 5.98. The van der Waals surface area contributed by atoms with Gasteiger partial charge in [-0.1, -0.05) is 36.4 Å². The van der Waals surface area contributed by atoms with Gasteiger partial charge in [0.2, 0.25) is 0 Å². The van der Waals surface area contributed by atoms with Crippen LogP contribution in [-0.4, -0.2) is 44.7 Å². The van der Waals surface area contributed by atoms with Crippen molar-refractivity contribution in [3.05, 3.63) is 59.7 Å². The van der Waals surface area contributed by atoms with E-state index in [4.69, 9.17) is 14.2 Å². The Bertz CT molecular complexity index is 702. The molecule has 2 aromatic carbocycles. The summed E-state index contributed by atoms with van der Waals surface area (Å²) in [6.07, 6.45) is -0.111. The minimum atomic E-state index is -0.111. The van der Waals surface area contributed by atoms with Crippen LogP contribution in [0, 0.1) is 0 Å². The minimum Gasteiger partial charge on any atom is -0.493 e. The third-order valence-corrected chi connectivity index (χ3v) is 4.16. The molecule has 0 unspecified atom stereocenters. The van der Waals surface area contributed by atoms with Gasteiger partial charge in [0.15, 0.2) is 11.5 Å². The maximum absolute atomic E-state index is 13.0. The number of hydrogen-bond donors (Lipinski definition) is 0. The molecule has 1 amide bonds. The largest absolute Gasteiger partial charge is 0.493 e. The monoisotopic (exact) mass is 327 g/mol. The molecule has 2 aromatic rings. The summed E-state index contributed by atoms with van der Waals surface area (Å²) >= 11 is 0. The Labute approximate surface area is 141 Å². The highest BCUT2D eigenvalue weighted by Crippen LogP contribution is 2.32. The van der Waals surface area contributed by atoms with Crippen molar-refractivity contribution in [2.24, 2.45) is 0 Å². The summed E-state index contributed by atoms with van der Waals surface area (Å²) < 4.78 is 16.5. The lowest BCUT2D eigenvalue weighted by Gasteiger charge is -2.33. The molecule has 126 valence electrons. The Balaban J connectivity index is 1.83. The third-order valence-electron chi connectivity index (χ3n) is 4.16. The molecule has 0 aliphatic carbocycles. The summed E-state index contributed by atoms with van der Waals surface area (Å²) in [6, 6.07) is 15.3. The molecule has 1 aliphatic heterocycles. The zero-order valence-corrected chi connectivity index (χ0v) is 13.9. The van der Waals surface area contributed by atoms with E-state index in [9.17, 15) is 4.79 Å². The highest BCUT2D eigenvalue weighted by Gasteiger charge is 2.28. The molecular formula is C19H21NO4. The van der Waals surface area contributed by atoms with Gasteiger partial charge in [0.25, 0.3) is 5.91 Å². The van der Waals surface area contributed by atoms with Crippen molar-refractivity contribution in [2.45, 2.75) is 6.10 Å². The third kappa shape index (κ3) is 3.21. The van der Waals surface area contributed by atoms with Gasteiger partial charge < -0.3 is 19.1 Å². The van der Waals surface area contributed by atoms with Crippen molar-refractivity contribution in [2.75, 3.05) is 33.9 Å². The fraction of sp³-hybridized carbons (Fsp3) is 0.316. The number of methoxy groups -OCH3 is 2. The quantitative estimate of drug-likeness (QED) is 0.866. The molecule has 1 atom stereocenters. The van der Waals surface area contributed by atoms with Gasteiger partial charge in [0.05, 0.1) is 32.9 Å². The van der Waals surface area contributed by atoms with Gasteiger partial charge >= 0.3 is 0 Å². The zero-order valence-electron chi connectivity index (χ0n) is 13.9. The lowest BCUT2D eigenvalue weighted by Crippen LogP contribution is -2.42. The van der Waals surface area contributed by atoms with Crippen LogP contribution in [0.15, 0.2) is 48.5 Å². The van der Waals surface area contributed by atoms with Crippen molar-refractivity contribution in [1.29, 1.82) is 0 Å². The zero-order chi connectivity index (χ0) is 16.9. The lowest BCUT2D eigenvalue weighted by atomic mass is 10.1. The van der Waals surface area contributed by atoms with Crippen molar-refractivity contribution in [3.63, 3.8) is 0 Å². The molecule has 0 radical (unpaired) electrons. The van der Waals surface area contributed by atoms with Crippen molar-refractivity contribution < 1.29 is 19.0 Å². The standard InChI is InChI=1S/C19H21NO4/c1-22-16-10-6-9-15(18(16)23-2)19(21)20-11-12-24-17(13-20)14-7-4-3-5-8-14/h3-10,17H,11-13H2,1-2H3/t17-/m1/s1. The molecule has 0 bridgehead atoms. The fourth-order valence-corrected chi connectivity index (χ4v) is 2.93. The first-order chi connectivity index (χ1) is 11.7. The van der Waals surface area contributed by atoms with E-state index < -0.39 is 0 Å². The first-order valence-electron chi connectivity index (χ1n) is 7.91. The van der Waals surface area contributed by atoms with E-state index in [-0.39, 0.29) is 12.0 Å². The summed E-state index contributed by atoms with van der Waals surface area (Å²) in [5.41, 5.74) is 1.58.